The van der Waals surface area contributed by atoms with Crippen LogP contribution in [0, 0.1) is 0 Å². The summed E-state index contributed by atoms with van der Waals surface area (Å²) in [6, 6.07) is 12.3. The van der Waals surface area contributed by atoms with E-state index in [9.17, 15) is 18.0 Å². The largest absolute Gasteiger partial charge is 0.462 e. The van der Waals surface area contributed by atoms with Gasteiger partial charge < -0.3 is 15.0 Å². The van der Waals surface area contributed by atoms with Gasteiger partial charge in [-0.3, -0.25) is 4.79 Å². The van der Waals surface area contributed by atoms with Gasteiger partial charge >= 0.3 is 5.97 Å². The molecule has 2 aromatic rings. The van der Waals surface area contributed by atoms with Crippen LogP contribution in [0.3, 0.4) is 0 Å². The van der Waals surface area contributed by atoms with Crippen molar-refractivity contribution in [1.29, 1.82) is 0 Å². The number of benzene rings is 2. The van der Waals surface area contributed by atoms with Gasteiger partial charge in [-0.1, -0.05) is 6.07 Å². The van der Waals surface area contributed by atoms with Crippen LogP contribution in [-0.2, 0) is 14.8 Å². The predicted molar refractivity (Wildman–Crippen MR) is 113 cm³/mol. The van der Waals surface area contributed by atoms with Gasteiger partial charge in [0.2, 0.25) is 10.0 Å². The lowest BCUT2D eigenvalue weighted by Crippen LogP contribution is -2.47. The highest BCUT2D eigenvalue weighted by atomic mass is 32.2. The highest BCUT2D eigenvalue weighted by Crippen LogP contribution is 2.19. The Labute approximate surface area is 176 Å². The lowest BCUT2D eigenvalue weighted by Gasteiger charge is -2.31. The van der Waals surface area contributed by atoms with Crippen LogP contribution in [0.5, 0.6) is 0 Å². The third-order valence-electron chi connectivity index (χ3n) is 4.85. The van der Waals surface area contributed by atoms with Crippen molar-refractivity contribution in [3.63, 3.8) is 0 Å². The summed E-state index contributed by atoms with van der Waals surface area (Å²) in [6.07, 6.45) is 0. The molecule has 0 aliphatic carbocycles. The Kier molecular flexibility index (Phi) is 6.86. The highest BCUT2D eigenvalue weighted by Gasteiger charge is 2.27. The fourth-order valence-electron chi connectivity index (χ4n) is 3.10. The van der Waals surface area contributed by atoms with E-state index in [2.05, 4.69) is 10.2 Å². The molecule has 0 saturated carbocycles. The maximum Gasteiger partial charge on any atom is 0.338 e. The molecule has 30 heavy (non-hydrogen) atoms. The minimum atomic E-state index is -3.58. The Balaban J connectivity index is 1.70. The fourth-order valence-corrected chi connectivity index (χ4v) is 4.52. The molecule has 1 amide bonds. The Morgan fingerprint density at radius 3 is 2.30 bits per heavy atom. The van der Waals surface area contributed by atoms with Crippen LogP contribution >= 0.6 is 0 Å². The van der Waals surface area contributed by atoms with E-state index in [-0.39, 0.29) is 11.5 Å². The highest BCUT2D eigenvalue weighted by molar-refractivity contribution is 7.89. The lowest BCUT2D eigenvalue weighted by molar-refractivity contribution is 0.0526. The number of rotatable bonds is 6. The molecular weight excluding hydrogens is 406 g/mol. The van der Waals surface area contributed by atoms with E-state index in [1.807, 2.05) is 7.05 Å². The number of carbonyl (C=O) groups excluding carboxylic acids is 2. The summed E-state index contributed by atoms with van der Waals surface area (Å²) in [5.41, 5.74) is 1.09. The molecule has 3 rings (SSSR count). The summed E-state index contributed by atoms with van der Waals surface area (Å²) in [6.45, 7) is 4.24. The smallest absolute Gasteiger partial charge is 0.338 e. The summed E-state index contributed by atoms with van der Waals surface area (Å²) >= 11 is 0. The summed E-state index contributed by atoms with van der Waals surface area (Å²) < 4.78 is 32.0. The Hall–Kier alpha value is -2.75. The van der Waals surface area contributed by atoms with Gasteiger partial charge in [0.15, 0.2) is 0 Å². The van der Waals surface area contributed by atoms with Gasteiger partial charge in [-0.15, -0.1) is 0 Å². The van der Waals surface area contributed by atoms with E-state index >= 15 is 0 Å². The second-order valence-corrected chi connectivity index (χ2v) is 8.93. The minimum absolute atomic E-state index is 0.160. The quantitative estimate of drug-likeness (QED) is 0.704. The number of esters is 1. The molecule has 1 fully saturated rings. The second kappa shape index (κ2) is 9.38. The lowest BCUT2D eigenvalue weighted by atomic mass is 10.1. The number of carbonyl (C=O) groups is 2. The SMILES string of the molecule is CCOC(=O)c1cccc(NC(=O)c2ccc(S(=O)(=O)N3CCN(C)CC3)cc2)c1. The van der Waals surface area contributed by atoms with Crippen molar-refractivity contribution in [3.8, 4) is 0 Å². The Morgan fingerprint density at radius 1 is 1.00 bits per heavy atom. The zero-order valence-electron chi connectivity index (χ0n) is 17.0. The molecule has 0 bridgehead atoms. The standard InChI is InChI=1S/C21H25N3O5S/c1-3-29-21(26)17-5-4-6-18(15-17)22-20(25)16-7-9-19(10-8-16)30(27,28)24-13-11-23(2)12-14-24/h4-10,15H,3,11-14H2,1-2H3,(H,22,25). The molecule has 1 heterocycles. The van der Waals surface area contributed by atoms with E-state index in [1.165, 1.54) is 34.6 Å². The Morgan fingerprint density at radius 2 is 1.67 bits per heavy atom. The van der Waals surface area contributed by atoms with Crippen molar-refractivity contribution in [2.75, 3.05) is 45.2 Å². The van der Waals surface area contributed by atoms with Crippen LogP contribution in [0.15, 0.2) is 53.4 Å². The maximum atomic E-state index is 12.8. The molecule has 0 radical (unpaired) electrons. The van der Waals surface area contributed by atoms with Crippen molar-refractivity contribution in [2.24, 2.45) is 0 Å². The van der Waals surface area contributed by atoms with E-state index in [0.29, 0.717) is 43.0 Å². The van der Waals surface area contributed by atoms with Gasteiger partial charge in [0, 0.05) is 37.4 Å². The van der Waals surface area contributed by atoms with Crippen LogP contribution in [0.4, 0.5) is 5.69 Å². The molecule has 0 aromatic heterocycles. The number of anilines is 1. The molecule has 9 heteroatoms. The molecule has 0 unspecified atom stereocenters. The number of sulfonamides is 1. The third kappa shape index (κ3) is 5.05. The van der Waals surface area contributed by atoms with Crippen molar-refractivity contribution in [2.45, 2.75) is 11.8 Å². The van der Waals surface area contributed by atoms with Crippen LogP contribution in [0.25, 0.3) is 0 Å². The van der Waals surface area contributed by atoms with Gasteiger partial charge in [0.25, 0.3) is 5.91 Å². The van der Waals surface area contributed by atoms with Gasteiger partial charge in [-0.25, -0.2) is 13.2 Å². The summed E-state index contributed by atoms with van der Waals surface area (Å²) in [4.78, 5) is 26.6. The average molecular weight is 432 g/mol. The number of nitrogens with one attached hydrogen (secondary N) is 1. The second-order valence-electron chi connectivity index (χ2n) is 6.99. The number of piperazine rings is 1. The van der Waals surface area contributed by atoms with Crippen LogP contribution in [-0.4, -0.2) is 69.3 Å². The summed E-state index contributed by atoms with van der Waals surface area (Å²) in [5, 5.41) is 2.71. The van der Waals surface area contributed by atoms with Crippen LogP contribution in [0.1, 0.15) is 27.6 Å². The van der Waals surface area contributed by atoms with Gasteiger partial charge in [0.05, 0.1) is 17.1 Å². The number of amides is 1. The summed E-state index contributed by atoms with van der Waals surface area (Å²) in [5.74, 6) is -0.869. The first-order valence-corrected chi connectivity index (χ1v) is 11.1. The number of ether oxygens (including phenoxy) is 1. The molecule has 1 aliphatic heterocycles. The molecule has 1 N–H and O–H groups in total. The maximum absolute atomic E-state index is 12.8. The first kappa shape index (κ1) is 21.9. The van der Waals surface area contributed by atoms with E-state index in [0.717, 1.165) is 0 Å². The van der Waals surface area contributed by atoms with Gasteiger partial charge in [-0.05, 0) is 56.4 Å². The molecule has 8 nitrogen and oxygen atoms in total. The van der Waals surface area contributed by atoms with E-state index in [1.54, 1.807) is 25.1 Å². The zero-order valence-corrected chi connectivity index (χ0v) is 17.8. The third-order valence-corrected chi connectivity index (χ3v) is 6.76. The number of hydrogen-bond acceptors (Lipinski definition) is 6. The number of likely N-dealkylation sites (N-methyl/N-ethyl adjacent to an activating group) is 1. The van der Waals surface area contributed by atoms with Crippen LogP contribution in [0.2, 0.25) is 0 Å². The van der Waals surface area contributed by atoms with Gasteiger partial charge in [-0.2, -0.15) is 4.31 Å². The van der Waals surface area contributed by atoms with Crippen LogP contribution < -0.4 is 5.32 Å². The first-order chi connectivity index (χ1) is 14.3. The number of nitrogens with zero attached hydrogens (tertiary/aromatic N) is 2. The van der Waals surface area contributed by atoms with Crippen molar-refractivity contribution < 1.29 is 22.7 Å². The van der Waals surface area contributed by atoms with Gasteiger partial charge in [0.1, 0.15) is 0 Å². The van der Waals surface area contributed by atoms with Crippen molar-refractivity contribution in [1.82, 2.24) is 9.21 Å². The Bertz CT molecular complexity index is 1010. The summed E-state index contributed by atoms with van der Waals surface area (Å²) in [7, 11) is -1.63. The van der Waals surface area contributed by atoms with E-state index < -0.39 is 21.9 Å². The fraction of sp³-hybridized carbons (Fsp3) is 0.333. The van der Waals surface area contributed by atoms with Crippen molar-refractivity contribution >= 4 is 27.6 Å². The normalized spacial score (nSPS) is 15.5. The molecule has 1 saturated heterocycles. The zero-order chi connectivity index (χ0) is 21.7. The molecule has 1 aliphatic rings. The topological polar surface area (TPSA) is 96.0 Å². The van der Waals surface area contributed by atoms with Crippen molar-refractivity contribution in [3.05, 3.63) is 59.7 Å². The average Bonchev–Trinajstić information content (AvgIpc) is 2.74. The molecular formula is C21H25N3O5S. The predicted octanol–water partition coefficient (Wildman–Crippen LogP) is 2.05. The first-order valence-electron chi connectivity index (χ1n) is 9.68. The molecule has 0 atom stereocenters. The minimum Gasteiger partial charge on any atom is -0.462 e. The van der Waals surface area contributed by atoms with E-state index in [4.69, 9.17) is 4.74 Å². The molecule has 2 aromatic carbocycles. The molecule has 160 valence electrons. The monoisotopic (exact) mass is 431 g/mol. The number of hydrogen-bond donors (Lipinski definition) is 1. The molecule has 0 spiro atoms.